The quantitative estimate of drug-likeness (QED) is 0.462. The Labute approximate surface area is 181 Å². The second-order valence-electron chi connectivity index (χ2n) is 6.88. The summed E-state index contributed by atoms with van der Waals surface area (Å²) in [5.74, 6) is -1.69. The lowest BCUT2D eigenvalue weighted by molar-refractivity contribution is -0.387. The Balaban J connectivity index is 1.69. The van der Waals surface area contributed by atoms with Gasteiger partial charge in [-0.15, -0.1) is 11.3 Å². The zero-order valence-corrected chi connectivity index (χ0v) is 17.5. The van der Waals surface area contributed by atoms with E-state index in [1.165, 1.54) is 12.1 Å². The third-order valence-electron chi connectivity index (χ3n) is 4.98. The van der Waals surface area contributed by atoms with Crippen LogP contribution in [0, 0.1) is 15.9 Å². The van der Waals surface area contributed by atoms with E-state index in [4.69, 9.17) is 0 Å². The highest BCUT2D eigenvalue weighted by Gasteiger charge is 2.40. The van der Waals surface area contributed by atoms with Crippen molar-refractivity contribution >= 4 is 38.6 Å². The lowest BCUT2D eigenvalue weighted by Gasteiger charge is -2.34. The van der Waals surface area contributed by atoms with Crippen LogP contribution in [-0.2, 0) is 27.8 Å². The smallest absolute Gasteiger partial charge is 0.306 e. The molecule has 4 rings (SSSR count). The van der Waals surface area contributed by atoms with E-state index in [1.807, 2.05) is 12.1 Å². The van der Waals surface area contributed by atoms with Crippen LogP contribution in [0.2, 0.25) is 0 Å². The number of sulfonamides is 1. The Kier molecular flexibility index (Phi) is 5.56. The first-order valence-electron chi connectivity index (χ1n) is 9.14. The van der Waals surface area contributed by atoms with Gasteiger partial charge in [0.1, 0.15) is 10.3 Å². The number of carbonyl (C=O) groups is 1. The molecule has 0 spiro atoms. The Morgan fingerprint density at radius 2 is 1.90 bits per heavy atom. The number of amides is 1. The Bertz CT molecular complexity index is 1260. The largest absolute Gasteiger partial charge is 0.324 e. The molecule has 1 atom stereocenters. The van der Waals surface area contributed by atoms with Crippen molar-refractivity contribution < 1.29 is 22.5 Å². The molecule has 31 heavy (non-hydrogen) atoms. The summed E-state index contributed by atoms with van der Waals surface area (Å²) in [4.78, 5) is 23.2. The Morgan fingerprint density at radius 3 is 2.58 bits per heavy atom. The number of hydrogen-bond donors (Lipinski definition) is 1. The minimum absolute atomic E-state index is 0.00503. The number of nitrogens with one attached hydrogen (secondary N) is 1. The lowest BCUT2D eigenvalue weighted by atomic mass is 9.95. The van der Waals surface area contributed by atoms with E-state index in [9.17, 15) is 27.7 Å². The number of fused-ring (bicyclic) bond motifs is 1. The molecule has 2 heterocycles. The molecule has 11 heteroatoms. The minimum atomic E-state index is -3.95. The highest BCUT2D eigenvalue weighted by Crippen LogP contribution is 2.31. The average molecular weight is 461 g/mol. The van der Waals surface area contributed by atoms with E-state index in [0.29, 0.717) is 0 Å². The van der Waals surface area contributed by atoms with Crippen molar-refractivity contribution in [3.63, 3.8) is 0 Å². The molecule has 3 aromatic rings. The molecular formula is C20H16FN3O5S2. The molecule has 1 aliphatic rings. The number of thiophene rings is 1. The number of nitrogens with zero attached hydrogens (tertiary/aromatic N) is 2. The van der Waals surface area contributed by atoms with Gasteiger partial charge < -0.3 is 5.32 Å². The Hall–Kier alpha value is -3.15. The van der Waals surface area contributed by atoms with E-state index in [1.54, 1.807) is 23.6 Å². The van der Waals surface area contributed by atoms with Crippen LogP contribution in [0.4, 0.5) is 15.8 Å². The number of nitro benzene ring substituents is 1. The van der Waals surface area contributed by atoms with E-state index >= 15 is 0 Å². The van der Waals surface area contributed by atoms with Crippen molar-refractivity contribution in [1.29, 1.82) is 0 Å². The van der Waals surface area contributed by atoms with Gasteiger partial charge in [-0.05, 0) is 41.1 Å². The maximum atomic E-state index is 13.6. The zero-order valence-electron chi connectivity index (χ0n) is 15.9. The molecule has 2 aromatic carbocycles. The van der Waals surface area contributed by atoms with Crippen molar-refractivity contribution in [2.24, 2.45) is 0 Å². The lowest BCUT2D eigenvalue weighted by Crippen LogP contribution is -2.50. The second kappa shape index (κ2) is 8.17. The van der Waals surface area contributed by atoms with Crippen LogP contribution in [0.15, 0.2) is 64.2 Å². The molecular weight excluding hydrogens is 445 g/mol. The first-order chi connectivity index (χ1) is 14.8. The molecule has 1 unspecified atom stereocenters. The van der Waals surface area contributed by atoms with Crippen LogP contribution in [0.25, 0.3) is 0 Å². The number of nitro groups is 1. The molecule has 0 radical (unpaired) electrons. The highest BCUT2D eigenvalue weighted by atomic mass is 32.2. The van der Waals surface area contributed by atoms with Crippen LogP contribution < -0.4 is 5.32 Å². The molecule has 1 N–H and O–H groups in total. The third-order valence-corrected chi connectivity index (χ3v) is 8.20. The average Bonchev–Trinajstić information content (AvgIpc) is 3.30. The van der Waals surface area contributed by atoms with Crippen LogP contribution in [0.5, 0.6) is 0 Å². The van der Waals surface area contributed by atoms with Crippen molar-refractivity contribution in [3.8, 4) is 0 Å². The summed E-state index contributed by atoms with van der Waals surface area (Å²) in [5, 5.41) is 15.1. The van der Waals surface area contributed by atoms with Crippen molar-refractivity contribution in [3.05, 3.63) is 87.0 Å². The summed E-state index contributed by atoms with van der Waals surface area (Å²) < 4.78 is 41.3. The van der Waals surface area contributed by atoms with Gasteiger partial charge in [0.05, 0.1) is 4.92 Å². The molecule has 8 nitrogen and oxygen atoms in total. The monoisotopic (exact) mass is 461 g/mol. The van der Waals surface area contributed by atoms with Crippen LogP contribution in [0.3, 0.4) is 0 Å². The summed E-state index contributed by atoms with van der Waals surface area (Å²) in [6.45, 7) is 0.0120. The fourth-order valence-corrected chi connectivity index (χ4v) is 6.14. The molecule has 0 bridgehead atoms. The number of rotatable bonds is 5. The van der Waals surface area contributed by atoms with Gasteiger partial charge >= 0.3 is 5.69 Å². The predicted molar refractivity (Wildman–Crippen MR) is 113 cm³/mol. The number of benzene rings is 2. The highest BCUT2D eigenvalue weighted by molar-refractivity contribution is 7.91. The van der Waals surface area contributed by atoms with Crippen LogP contribution in [-0.4, -0.2) is 29.6 Å². The first-order valence-corrected chi connectivity index (χ1v) is 11.5. The van der Waals surface area contributed by atoms with E-state index < -0.39 is 38.4 Å². The van der Waals surface area contributed by atoms with E-state index in [2.05, 4.69) is 5.32 Å². The normalized spacial score (nSPS) is 16.5. The first kappa shape index (κ1) is 21.1. The molecule has 0 fully saturated rings. The number of hydrogen-bond acceptors (Lipinski definition) is 6. The van der Waals surface area contributed by atoms with Gasteiger partial charge in [0.25, 0.3) is 10.0 Å². The molecule has 1 aromatic heterocycles. The predicted octanol–water partition coefficient (Wildman–Crippen LogP) is 3.55. The number of halogens is 1. The standard InChI is InChI=1S/C20H16FN3O5S2/c21-16-8-7-15(11-17(16)24(26)27)22-20(25)18-10-13-4-1-2-5-14(13)12-23(18)31(28,29)19-6-3-9-30-19/h1-9,11,18H,10,12H2,(H,22,25). The van der Waals surface area contributed by atoms with Gasteiger partial charge in [-0.1, -0.05) is 30.3 Å². The third kappa shape index (κ3) is 4.07. The number of anilines is 1. The summed E-state index contributed by atoms with van der Waals surface area (Å²) in [5.41, 5.74) is 0.856. The second-order valence-corrected chi connectivity index (χ2v) is 9.95. The van der Waals surface area contributed by atoms with E-state index in [0.717, 1.165) is 38.9 Å². The van der Waals surface area contributed by atoms with Crippen LogP contribution >= 0.6 is 11.3 Å². The molecule has 1 aliphatic heterocycles. The van der Waals surface area contributed by atoms with Gasteiger partial charge in [-0.25, -0.2) is 8.42 Å². The van der Waals surface area contributed by atoms with Gasteiger partial charge in [0.2, 0.25) is 11.7 Å². The van der Waals surface area contributed by atoms with Crippen molar-refractivity contribution in [2.75, 3.05) is 5.32 Å². The molecule has 0 aliphatic carbocycles. The van der Waals surface area contributed by atoms with Gasteiger partial charge in [0.15, 0.2) is 0 Å². The zero-order chi connectivity index (χ0) is 22.2. The SMILES string of the molecule is O=C(Nc1ccc(F)c([N+](=O)[O-])c1)C1Cc2ccccc2CN1S(=O)(=O)c1cccs1. The fraction of sp³-hybridized carbons (Fsp3) is 0.150. The molecule has 0 saturated carbocycles. The van der Waals surface area contributed by atoms with Gasteiger partial charge in [0, 0.05) is 18.3 Å². The van der Waals surface area contributed by atoms with Crippen molar-refractivity contribution in [1.82, 2.24) is 4.31 Å². The Morgan fingerprint density at radius 1 is 1.16 bits per heavy atom. The summed E-state index contributed by atoms with van der Waals surface area (Å²) in [6.07, 6.45) is 0.135. The minimum Gasteiger partial charge on any atom is -0.324 e. The van der Waals surface area contributed by atoms with Crippen LogP contribution in [0.1, 0.15) is 11.1 Å². The fourth-order valence-electron chi connectivity index (χ4n) is 3.46. The summed E-state index contributed by atoms with van der Waals surface area (Å²) in [7, 11) is -3.95. The number of carbonyl (C=O) groups excluding carboxylic acids is 1. The molecule has 160 valence electrons. The summed E-state index contributed by atoms with van der Waals surface area (Å²) >= 11 is 1.05. The molecule has 0 saturated heterocycles. The van der Waals surface area contributed by atoms with Crippen molar-refractivity contribution in [2.45, 2.75) is 23.2 Å². The topological polar surface area (TPSA) is 110 Å². The maximum absolute atomic E-state index is 13.6. The van der Waals surface area contributed by atoms with Gasteiger partial charge in [-0.3, -0.25) is 14.9 Å². The summed E-state index contributed by atoms with van der Waals surface area (Å²) in [6, 6.07) is 12.2. The molecule has 1 amide bonds. The van der Waals surface area contributed by atoms with E-state index in [-0.39, 0.29) is 22.9 Å². The van der Waals surface area contributed by atoms with Gasteiger partial charge in [-0.2, -0.15) is 8.70 Å². The maximum Gasteiger partial charge on any atom is 0.306 e.